The highest BCUT2D eigenvalue weighted by atomic mass is 35.5. The predicted octanol–water partition coefficient (Wildman–Crippen LogP) is 5.90. The van der Waals surface area contributed by atoms with Gasteiger partial charge >= 0.3 is 0 Å². The molecule has 0 radical (unpaired) electrons. The van der Waals surface area contributed by atoms with Gasteiger partial charge in [-0.25, -0.2) is 0 Å². The Bertz CT molecular complexity index is 1060. The van der Waals surface area contributed by atoms with Gasteiger partial charge in [0.25, 0.3) is 0 Å². The zero-order valence-corrected chi connectivity index (χ0v) is 20.1. The third-order valence-corrected chi connectivity index (χ3v) is 7.14. The second-order valence-corrected chi connectivity index (χ2v) is 9.59. The molecular weight excluding hydrogens is 459 g/mol. The summed E-state index contributed by atoms with van der Waals surface area (Å²) in [6.07, 6.45) is 0. The standard InChI is InChI=1S/C21H22Cl2N4OS2/c1-13-4-7-17(8-14(13)2)24-20(28)12-30-21-26-25-19(27(21)3)11-29-10-15-5-6-16(22)9-18(15)23/h4-9H,10-12H2,1-3H3,(H,24,28). The zero-order valence-electron chi connectivity index (χ0n) is 16.9. The minimum absolute atomic E-state index is 0.0699. The van der Waals surface area contributed by atoms with E-state index in [2.05, 4.69) is 15.5 Å². The maximum atomic E-state index is 12.3. The molecule has 0 fully saturated rings. The molecule has 0 spiro atoms. The van der Waals surface area contributed by atoms with Crippen LogP contribution in [0.15, 0.2) is 41.6 Å². The van der Waals surface area contributed by atoms with Crippen molar-refractivity contribution in [1.82, 2.24) is 14.8 Å². The van der Waals surface area contributed by atoms with Crippen molar-refractivity contribution in [2.45, 2.75) is 30.5 Å². The Morgan fingerprint density at radius 3 is 2.60 bits per heavy atom. The molecule has 1 heterocycles. The van der Waals surface area contributed by atoms with E-state index in [1.807, 2.05) is 55.8 Å². The molecule has 0 saturated carbocycles. The SMILES string of the molecule is Cc1ccc(NC(=O)CSc2nnc(CSCc3ccc(Cl)cc3Cl)n2C)cc1C. The average molecular weight is 481 g/mol. The summed E-state index contributed by atoms with van der Waals surface area (Å²) in [7, 11) is 1.91. The van der Waals surface area contributed by atoms with Gasteiger partial charge in [0.15, 0.2) is 5.16 Å². The Morgan fingerprint density at radius 2 is 1.87 bits per heavy atom. The lowest BCUT2D eigenvalue weighted by Gasteiger charge is -2.08. The number of carbonyl (C=O) groups is 1. The van der Waals surface area contributed by atoms with Crippen LogP contribution in [-0.2, 0) is 23.3 Å². The highest BCUT2D eigenvalue weighted by Crippen LogP contribution is 2.26. The summed E-state index contributed by atoms with van der Waals surface area (Å²) >= 11 is 15.2. The largest absolute Gasteiger partial charge is 0.325 e. The lowest BCUT2D eigenvalue weighted by atomic mass is 10.1. The van der Waals surface area contributed by atoms with E-state index in [4.69, 9.17) is 23.2 Å². The summed E-state index contributed by atoms with van der Waals surface area (Å²) in [5, 5.41) is 13.4. The Hall–Kier alpha value is -1.67. The molecule has 2 aromatic carbocycles. The van der Waals surface area contributed by atoms with E-state index in [9.17, 15) is 4.79 Å². The van der Waals surface area contributed by atoms with Crippen molar-refractivity contribution < 1.29 is 4.79 Å². The van der Waals surface area contributed by atoms with Gasteiger partial charge in [-0.2, -0.15) is 0 Å². The molecule has 30 heavy (non-hydrogen) atoms. The van der Waals surface area contributed by atoms with Crippen LogP contribution in [0.3, 0.4) is 0 Å². The van der Waals surface area contributed by atoms with E-state index >= 15 is 0 Å². The molecule has 0 bridgehead atoms. The number of rotatable bonds is 8. The lowest BCUT2D eigenvalue weighted by Crippen LogP contribution is -2.14. The van der Waals surface area contributed by atoms with E-state index in [0.29, 0.717) is 21.0 Å². The normalized spacial score (nSPS) is 11.0. The van der Waals surface area contributed by atoms with Gasteiger partial charge in [0.05, 0.1) is 11.5 Å². The van der Waals surface area contributed by atoms with Gasteiger partial charge in [0.1, 0.15) is 5.82 Å². The Labute approximate surface area is 194 Å². The average Bonchev–Trinajstić information content (AvgIpc) is 3.04. The van der Waals surface area contributed by atoms with E-state index in [1.54, 1.807) is 17.8 Å². The molecule has 0 aliphatic heterocycles. The number of aromatic nitrogens is 3. The number of carbonyl (C=O) groups excluding carboxylic acids is 1. The van der Waals surface area contributed by atoms with E-state index in [-0.39, 0.29) is 11.7 Å². The van der Waals surface area contributed by atoms with Crippen LogP contribution in [0.4, 0.5) is 5.69 Å². The summed E-state index contributed by atoms with van der Waals surface area (Å²) in [5.74, 6) is 2.50. The van der Waals surface area contributed by atoms with Crippen LogP contribution in [0.2, 0.25) is 10.0 Å². The molecule has 0 unspecified atom stereocenters. The summed E-state index contributed by atoms with van der Waals surface area (Å²) in [5.41, 5.74) is 4.19. The first kappa shape index (κ1) is 23.0. The fourth-order valence-electron chi connectivity index (χ4n) is 2.63. The first-order chi connectivity index (χ1) is 14.3. The quantitative estimate of drug-likeness (QED) is 0.406. The van der Waals surface area contributed by atoms with Crippen LogP contribution in [-0.4, -0.2) is 26.4 Å². The van der Waals surface area contributed by atoms with Crippen molar-refractivity contribution >= 4 is 58.3 Å². The number of anilines is 1. The summed E-state index contributed by atoms with van der Waals surface area (Å²) in [6.45, 7) is 4.07. The molecule has 5 nitrogen and oxygen atoms in total. The van der Waals surface area contributed by atoms with Crippen LogP contribution in [0, 0.1) is 13.8 Å². The number of benzene rings is 2. The molecule has 1 aromatic heterocycles. The van der Waals surface area contributed by atoms with Crippen LogP contribution < -0.4 is 5.32 Å². The third-order valence-electron chi connectivity index (χ3n) is 4.55. The number of hydrogen-bond acceptors (Lipinski definition) is 5. The predicted molar refractivity (Wildman–Crippen MR) is 128 cm³/mol. The summed E-state index contributed by atoms with van der Waals surface area (Å²) < 4.78 is 1.92. The molecule has 3 rings (SSSR count). The number of thioether (sulfide) groups is 2. The number of hydrogen-bond donors (Lipinski definition) is 1. The molecule has 0 saturated heterocycles. The number of nitrogens with one attached hydrogen (secondary N) is 1. The first-order valence-corrected chi connectivity index (χ1v) is 12.1. The summed E-state index contributed by atoms with van der Waals surface area (Å²) in [6, 6.07) is 11.4. The molecule has 0 aliphatic rings. The first-order valence-electron chi connectivity index (χ1n) is 9.23. The van der Waals surface area contributed by atoms with E-state index < -0.39 is 0 Å². The molecule has 1 N–H and O–H groups in total. The lowest BCUT2D eigenvalue weighted by molar-refractivity contribution is -0.113. The fraction of sp³-hybridized carbons (Fsp3) is 0.286. The van der Waals surface area contributed by atoms with Gasteiger partial charge < -0.3 is 9.88 Å². The number of halogens is 2. The van der Waals surface area contributed by atoms with E-state index in [0.717, 1.165) is 28.4 Å². The van der Waals surface area contributed by atoms with Gasteiger partial charge in [-0.1, -0.05) is 47.1 Å². The maximum Gasteiger partial charge on any atom is 0.234 e. The van der Waals surface area contributed by atoms with Crippen LogP contribution in [0.5, 0.6) is 0 Å². The molecule has 1 amide bonds. The number of nitrogens with zero attached hydrogens (tertiary/aromatic N) is 3. The Kier molecular flexibility index (Phi) is 8.11. The Balaban J connectivity index is 1.49. The number of aryl methyl sites for hydroxylation is 2. The van der Waals surface area contributed by atoms with Gasteiger partial charge in [-0.15, -0.1) is 22.0 Å². The second-order valence-electron chi connectivity index (χ2n) is 6.82. The topological polar surface area (TPSA) is 59.8 Å². The Morgan fingerprint density at radius 1 is 1.07 bits per heavy atom. The maximum absolute atomic E-state index is 12.3. The van der Waals surface area contributed by atoms with Crippen LogP contribution in [0.25, 0.3) is 0 Å². The van der Waals surface area contributed by atoms with Crippen molar-refractivity contribution in [2.24, 2.45) is 7.05 Å². The molecule has 0 atom stereocenters. The third kappa shape index (κ3) is 6.17. The van der Waals surface area contributed by atoms with Crippen molar-refractivity contribution in [3.05, 3.63) is 69.0 Å². The fourth-order valence-corrected chi connectivity index (χ4v) is 4.93. The highest BCUT2D eigenvalue weighted by molar-refractivity contribution is 7.99. The van der Waals surface area contributed by atoms with Gasteiger partial charge in [0.2, 0.25) is 5.91 Å². The number of amides is 1. The minimum Gasteiger partial charge on any atom is -0.325 e. The van der Waals surface area contributed by atoms with Gasteiger partial charge in [0, 0.05) is 28.5 Å². The smallest absolute Gasteiger partial charge is 0.234 e. The molecule has 158 valence electrons. The van der Waals surface area contributed by atoms with Crippen molar-refractivity contribution in [3.63, 3.8) is 0 Å². The van der Waals surface area contributed by atoms with Crippen LogP contribution >= 0.6 is 46.7 Å². The summed E-state index contributed by atoms with van der Waals surface area (Å²) in [4.78, 5) is 12.3. The second kappa shape index (κ2) is 10.6. The molecule has 9 heteroatoms. The van der Waals surface area contributed by atoms with Gasteiger partial charge in [-0.3, -0.25) is 4.79 Å². The van der Waals surface area contributed by atoms with Gasteiger partial charge in [-0.05, 0) is 54.8 Å². The molecule has 0 aliphatic carbocycles. The van der Waals surface area contributed by atoms with E-state index in [1.165, 1.54) is 17.3 Å². The minimum atomic E-state index is -0.0699. The highest BCUT2D eigenvalue weighted by Gasteiger charge is 2.12. The van der Waals surface area contributed by atoms with Crippen molar-refractivity contribution in [3.8, 4) is 0 Å². The molecule has 3 aromatic rings. The van der Waals surface area contributed by atoms with Crippen molar-refractivity contribution in [2.75, 3.05) is 11.1 Å². The molecular formula is C21H22Cl2N4OS2. The van der Waals surface area contributed by atoms with Crippen LogP contribution in [0.1, 0.15) is 22.5 Å². The monoisotopic (exact) mass is 480 g/mol. The zero-order chi connectivity index (χ0) is 21.7. The van der Waals surface area contributed by atoms with Crippen molar-refractivity contribution in [1.29, 1.82) is 0 Å².